The minimum atomic E-state index is 0.938. The molecule has 2 aromatic rings. The highest BCUT2D eigenvalue weighted by Gasteiger charge is 2.20. The van der Waals surface area contributed by atoms with Crippen LogP contribution in [0.3, 0.4) is 0 Å². The first-order valence-electron chi connectivity index (χ1n) is 7.88. The SMILES string of the molecule is c1cnc(N2CCN(Cc3cc4n(n3)CCNC4)CC2)cn1. The van der Waals surface area contributed by atoms with Crippen molar-refractivity contribution in [3.63, 3.8) is 0 Å². The minimum absolute atomic E-state index is 0.938. The van der Waals surface area contributed by atoms with Gasteiger partial charge in [-0.05, 0) is 6.07 Å². The van der Waals surface area contributed by atoms with Gasteiger partial charge in [0.15, 0.2) is 0 Å². The van der Waals surface area contributed by atoms with Crippen LogP contribution in [-0.2, 0) is 19.6 Å². The van der Waals surface area contributed by atoms with Gasteiger partial charge in [-0.1, -0.05) is 0 Å². The lowest BCUT2D eigenvalue weighted by atomic mass is 10.2. The van der Waals surface area contributed by atoms with E-state index in [0.717, 1.165) is 58.2 Å². The number of nitrogens with zero attached hydrogens (tertiary/aromatic N) is 6. The average Bonchev–Trinajstić information content (AvgIpc) is 2.98. The third-order valence-electron chi connectivity index (χ3n) is 4.35. The fourth-order valence-electron chi connectivity index (χ4n) is 3.15. The van der Waals surface area contributed by atoms with E-state index in [2.05, 4.69) is 35.8 Å². The van der Waals surface area contributed by atoms with Crippen molar-refractivity contribution in [1.82, 2.24) is 30.0 Å². The number of nitrogens with one attached hydrogen (secondary N) is 1. The lowest BCUT2D eigenvalue weighted by Crippen LogP contribution is -2.46. The topological polar surface area (TPSA) is 62.1 Å². The molecule has 0 saturated carbocycles. The Kier molecular flexibility index (Phi) is 3.74. The molecule has 0 radical (unpaired) electrons. The third-order valence-corrected chi connectivity index (χ3v) is 4.35. The van der Waals surface area contributed by atoms with E-state index in [-0.39, 0.29) is 0 Å². The van der Waals surface area contributed by atoms with Gasteiger partial charge < -0.3 is 10.2 Å². The molecule has 0 amide bonds. The zero-order valence-electron chi connectivity index (χ0n) is 12.6. The molecule has 0 bridgehead atoms. The fourth-order valence-corrected chi connectivity index (χ4v) is 3.15. The lowest BCUT2D eigenvalue weighted by Gasteiger charge is -2.34. The third kappa shape index (κ3) is 2.82. The second kappa shape index (κ2) is 6.02. The Labute approximate surface area is 130 Å². The molecule has 0 spiro atoms. The lowest BCUT2D eigenvalue weighted by molar-refractivity contribution is 0.245. The molecule has 2 aliphatic rings. The molecule has 0 unspecified atom stereocenters. The molecule has 1 saturated heterocycles. The predicted molar refractivity (Wildman–Crippen MR) is 83.5 cm³/mol. The van der Waals surface area contributed by atoms with Gasteiger partial charge in [0.05, 0.1) is 24.1 Å². The molecule has 4 rings (SSSR count). The highest BCUT2D eigenvalue weighted by molar-refractivity contribution is 5.35. The molecular formula is C15H21N7. The largest absolute Gasteiger partial charge is 0.353 e. The van der Waals surface area contributed by atoms with Crippen LogP contribution in [0.2, 0.25) is 0 Å². The van der Waals surface area contributed by atoms with Crippen molar-refractivity contribution < 1.29 is 0 Å². The van der Waals surface area contributed by atoms with E-state index in [9.17, 15) is 0 Å². The molecule has 1 N–H and O–H groups in total. The number of piperazine rings is 1. The summed E-state index contributed by atoms with van der Waals surface area (Å²) in [6.45, 7) is 7.94. The fraction of sp³-hybridized carbons (Fsp3) is 0.533. The summed E-state index contributed by atoms with van der Waals surface area (Å²) in [7, 11) is 0. The molecule has 22 heavy (non-hydrogen) atoms. The first-order chi connectivity index (χ1) is 10.9. The summed E-state index contributed by atoms with van der Waals surface area (Å²) < 4.78 is 2.14. The number of anilines is 1. The maximum absolute atomic E-state index is 4.72. The molecule has 1 fully saturated rings. The van der Waals surface area contributed by atoms with E-state index in [1.807, 2.05) is 6.20 Å². The summed E-state index contributed by atoms with van der Waals surface area (Å²) in [5.74, 6) is 0.977. The summed E-state index contributed by atoms with van der Waals surface area (Å²) in [6.07, 6.45) is 5.31. The number of hydrogen-bond acceptors (Lipinski definition) is 6. The Hall–Kier alpha value is -1.99. The first kappa shape index (κ1) is 13.7. The van der Waals surface area contributed by atoms with Gasteiger partial charge in [-0.15, -0.1) is 0 Å². The summed E-state index contributed by atoms with van der Waals surface area (Å²) in [6, 6.07) is 2.24. The van der Waals surface area contributed by atoms with Crippen molar-refractivity contribution in [1.29, 1.82) is 0 Å². The number of fused-ring (bicyclic) bond motifs is 1. The van der Waals surface area contributed by atoms with Crippen LogP contribution < -0.4 is 10.2 Å². The monoisotopic (exact) mass is 299 g/mol. The zero-order chi connectivity index (χ0) is 14.8. The molecule has 0 aliphatic carbocycles. The van der Waals surface area contributed by atoms with Crippen LogP contribution in [0.1, 0.15) is 11.4 Å². The van der Waals surface area contributed by atoms with Gasteiger partial charge in [0.2, 0.25) is 0 Å². The van der Waals surface area contributed by atoms with Crippen molar-refractivity contribution in [3.8, 4) is 0 Å². The van der Waals surface area contributed by atoms with E-state index >= 15 is 0 Å². The highest BCUT2D eigenvalue weighted by atomic mass is 15.3. The van der Waals surface area contributed by atoms with Gasteiger partial charge in [-0.3, -0.25) is 14.6 Å². The van der Waals surface area contributed by atoms with Crippen LogP contribution in [0, 0.1) is 0 Å². The van der Waals surface area contributed by atoms with E-state index in [0.29, 0.717) is 0 Å². The minimum Gasteiger partial charge on any atom is -0.353 e. The first-order valence-corrected chi connectivity index (χ1v) is 7.88. The highest BCUT2D eigenvalue weighted by Crippen LogP contribution is 2.14. The number of rotatable bonds is 3. The second-order valence-corrected chi connectivity index (χ2v) is 5.85. The van der Waals surface area contributed by atoms with Gasteiger partial charge in [-0.2, -0.15) is 5.10 Å². The number of aromatic nitrogens is 4. The van der Waals surface area contributed by atoms with Crippen LogP contribution >= 0.6 is 0 Å². The zero-order valence-corrected chi connectivity index (χ0v) is 12.6. The van der Waals surface area contributed by atoms with Crippen molar-refractivity contribution in [2.24, 2.45) is 0 Å². The Balaban J connectivity index is 1.35. The molecule has 2 aliphatic heterocycles. The molecule has 7 nitrogen and oxygen atoms in total. The predicted octanol–water partition coefficient (Wildman–Crippen LogP) is 0.0985. The van der Waals surface area contributed by atoms with Crippen LogP contribution in [0.25, 0.3) is 0 Å². The Morgan fingerprint density at radius 3 is 2.77 bits per heavy atom. The normalized spacial score (nSPS) is 19.2. The van der Waals surface area contributed by atoms with Crippen molar-refractivity contribution >= 4 is 5.82 Å². The maximum atomic E-state index is 4.72. The Bertz CT molecular complexity index is 593. The van der Waals surface area contributed by atoms with Crippen LogP contribution in [0.15, 0.2) is 24.7 Å². The second-order valence-electron chi connectivity index (χ2n) is 5.85. The molecule has 0 atom stereocenters. The molecule has 2 aromatic heterocycles. The van der Waals surface area contributed by atoms with Crippen LogP contribution in [0.4, 0.5) is 5.82 Å². The summed E-state index contributed by atoms with van der Waals surface area (Å²) in [5.41, 5.74) is 2.49. The van der Waals surface area contributed by atoms with Gasteiger partial charge >= 0.3 is 0 Å². The molecular weight excluding hydrogens is 278 g/mol. The standard InChI is InChI=1S/C15H21N7/c1-2-18-15(11-16-1)21-7-5-20(6-8-21)12-13-9-14-10-17-3-4-22(14)19-13/h1-2,9,11,17H,3-8,10,12H2. The number of hydrogen-bond donors (Lipinski definition) is 1. The average molecular weight is 299 g/mol. The van der Waals surface area contributed by atoms with E-state index in [4.69, 9.17) is 5.10 Å². The van der Waals surface area contributed by atoms with Gasteiger partial charge in [0.25, 0.3) is 0 Å². The Morgan fingerprint density at radius 2 is 2.00 bits per heavy atom. The maximum Gasteiger partial charge on any atom is 0.147 e. The van der Waals surface area contributed by atoms with Crippen LogP contribution in [0.5, 0.6) is 0 Å². The van der Waals surface area contributed by atoms with E-state index in [1.165, 1.54) is 11.4 Å². The molecule has 7 heteroatoms. The van der Waals surface area contributed by atoms with Gasteiger partial charge in [0, 0.05) is 58.2 Å². The summed E-state index contributed by atoms with van der Waals surface area (Å²) in [4.78, 5) is 13.3. The van der Waals surface area contributed by atoms with E-state index < -0.39 is 0 Å². The van der Waals surface area contributed by atoms with E-state index in [1.54, 1.807) is 12.4 Å². The Morgan fingerprint density at radius 1 is 1.09 bits per heavy atom. The molecule has 0 aromatic carbocycles. The van der Waals surface area contributed by atoms with Gasteiger partial charge in [-0.25, -0.2) is 4.98 Å². The van der Waals surface area contributed by atoms with Crippen LogP contribution in [-0.4, -0.2) is 57.4 Å². The van der Waals surface area contributed by atoms with Crippen molar-refractivity contribution in [3.05, 3.63) is 36.0 Å². The van der Waals surface area contributed by atoms with Gasteiger partial charge in [0.1, 0.15) is 5.82 Å². The molecule has 4 heterocycles. The smallest absolute Gasteiger partial charge is 0.147 e. The quantitative estimate of drug-likeness (QED) is 0.867. The molecule has 116 valence electrons. The summed E-state index contributed by atoms with van der Waals surface area (Å²) in [5, 5.41) is 8.11. The van der Waals surface area contributed by atoms with Crippen molar-refractivity contribution in [2.45, 2.75) is 19.6 Å². The van der Waals surface area contributed by atoms with Crippen molar-refractivity contribution in [2.75, 3.05) is 37.6 Å². The summed E-state index contributed by atoms with van der Waals surface area (Å²) >= 11 is 0.